The van der Waals surface area contributed by atoms with Crippen LogP contribution in [0.5, 0.6) is 0 Å². The second kappa shape index (κ2) is 8.88. The number of benzene rings is 1. The van der Waals surface area contributed by atoms with Crippen molar-refractivity contribution in [3.05, 3.63) is 70.0 Å². The van der Waals surface area contributed by atoms with Gasteiger partial charge in [0.15, 0.2) is 11.2 Å². The minimum Gasteiger partial charge on any atom is -0.468 e. The monoisotopic (exact) mass is 390 g/mol. The molecule has 0 bridgehead atoms. The molecule has 6 nitrogen and oxygen atoms in total. The van der Waals surface area contributed by atoms with E-state index in [0.717, 1.165) is 17.7 Å². The van der Waals surface area contributed by atoms with Gasteiger partial charge in [-0.05, 0) is 50.3 Å². The molecule has 0 fully saturated rings. The molecule has 0 saturated carbocycles. The third-order valence-corrected chi connectivity index (χ3v) is 4.37. The maximum Gasteiger partial charge on any atom is 0.287 e. The lowest BCUT2D eigenvalue weighted by molar-refractivity contribution is 0.0912. The van der Waals surface area contributed by atoms with Crippen molar-refractivity contribution in [3.8, 4) is 0 Å². The van der Waals surface area contributed by atoms with Crippen molar-refractivity contribution in [2.45, 2.75) is 19.4 Å². The summed E-state index contributed by atoms with van der Waals surface area (Å²) in [6.45, 7) is 2.35. The summed E-state index contributed by atoms with van der Waals surface area (Å²) in [6.07, 6.45) is 2.43. The predicted molar refractivity (Wildman–Crippen MR) is 107 cm³/mol. The van der Waals surface area contributed by atoms with Crippen LogP contribution in [0.25, 0.3) is 11.0 Å². The van der Waals surface area contributed by atoms with Crippen LogP contribution in [0.15, 0.2) is 56.3 Å². The molecule has 1 amide bonds. The van der Waals surface area contributed by atoms with E-state index in [4.69, 9.17) is 8.83 Å². The van der Waals surface area contributed by atoms with Crippen LogP contribution in [0.4, 0.5) is 0 Å². The average Bonchev–Trinajstić information content (AvgIpc) is 3.15. The van der Waals surface area contributed by atoms with Crippen LogP contribution in [0.1, 0.15) is 34.8 Å². The number of nitrogens with one attached hydrogen (secondary N) is 1. The van der Waals surface area contributed by atoms with Gasteiger partial charge in [0.1, 0.15) is 11.3 Å². The smallest absolute Gasteiger partial charge is 0.287 e. The SMILES string of the molecule is CCc1ccc2oc(C(=O)NCC(c3ccco3)N(C)C)cc(=O)c2c1.Cl. The zero-order chi connectivity index (χ0) is 18.7. The number of halogens is 1. The second-order valence-corrected chi connectivity index (χ2v) is 6.36. The van der Waals surface area contributed by atoms with E-state index < -0.39 is 5.91 Å². The van der Waals surface area contributed by atoms with Crippen LogP contribution in [-0.2, 0) is 6.42 Å². The highest BCUT2D eigenvalue weighted by molar-refractivity contribution is 5.93. The zero-order valence-corrected chi connectivity index (χ0v) is 16.3. The Morgan fingerprint density at radius 3 is 2.63 bits per heavy atom. The summed E-state index contributed by atoms with van der Waals surface area (Å²) in [5.74, 6) is 0.327. The first-order chi connectivity index (χ1) is 12.5. The van der Waals surface area contributed by atoms with E-state index in [-0.39, 0.29) is 29.6 Å². The first-order valence-electron chi connectivity index (χ1n) is 8.54. The van der Waals surface area contributed by atoms with Gasteiger partial charge in [0.05, 0.1) is 17.7 Å². The number of aryl methyl sites for hydroxylation is 1. The fourth-order valence-corrected chi connectivity index (χ4v) is 2.83. The van der Waals surface area contributed by atoms with Crippen molar-refractivity contribution in [2.75, 3.05) is 20.6 Å². The Morgan fingerprint density at radius 1 is 1.22 bits per heavy atom. The van der Waals surface area contributed by atoms with Crippen LogP contribution in [-0.4, -0.2) is 31.4 Å². The number of hydrogen-bond acceptors (Lipinski definition) is 5. The lowest BCUT2D eigenvalue weighted by Crippen LogP contribution is -2.34. The van der Waals surface area contributed by atoms with Crippen LogP contribution in [0.3, 0.4) is 0 Å². The van der Waals surface area contributed by atoms with Gasteiger partial charge < -0.3 is 14.2 Å². The summed E-state index contributed by atoms with van der Waals surface area (Å²) in [5.41, 5.74) is 1.24. The summed E-state index contributed by atoms with van der Waals surface area (Å²) in [5, 5.41) is 3.30. The van der Waals surface area contributed by atoms with Crippen molar-refractivity contribution < 1.29 is 13.6 Å². The highest BCUT2D eigenvalue weighted by Gasteiger charge is 2.19. The van der Waals surface area contributed by atoms with Gasteiger partial charge in [-0.25, -0.2) is 0 Å². The summed E-state index contributed by atoms with van der Waals surface area (Å²) in [4.78, 5) is 26.8. The summed E-state index contributed by atoms with van der Waals surface area (Å²) >= 11 is 0. The normalized spacial score (nSPS) is 12.0. The lowest BCUT2D eigenvalue weighted by atomic mass is 10.1. The number of nitrogens with zero attached hydrogens (tertiary/aromatic N) is 1. The van der Waals surface area contributed by atoms with Gasteiger partial charge in [0, 0.05) is 12.6 Å². The van der Waals surface area contributed by atoms with Gasteiger partial charge in [0.25, 0.3) is 5.91 Å². The molecule has 0 aliphatic rings. The Hall–Kier alpha value is -2.57. The highest BCUT2D eigenvalue weighted by atomic mass is 35.5. The number of carbonyl (C=O) groups is 1. The minimum absolute atomic E-state index is 0. The van der Waals surface area contributed by atoms with Gasteiger partial charge in [-0.3, -0.25) is 14.5 Å². The number of rotatable bonds is 6. The highest BCUT2D eigenvalue weighted by Crippen LogP contribution is 2.18. The van der Waals surface area contributed by atoms with Crippen molar-refractivity contribution >= 4 is 29.3 Å². The van der Waals surface area contributed by atoms with E-state index in [1.165, 1.54) is 6.07 Å². The predicted octanol–water partition coefficient (Wildman–Crippen LogP) is 3.40. The summed E-state index contributed by atoms with van der Waals surface area (Å²) < 4.78 is 11.1. The fourth-order valence-electron chi connectivity index (χ4n) is 2.83. The molecule has 0 radical (unpaired) electrons. The maximum absolute atomic E-state index is 12.5. The number of fused-ring (bicyclic) bond motifs is 1. The minimum atomic E-state index is -0.429. The molecule has 0 aliphatic carbocycles. The standard InChI is InChI=1S/C20H22N2O4.ClH/c1-4-13-7-8-17-14(10-13)16(23)11-19(26-17)20(24)21-12-15(22(2)3)18-6-5-9-25-18;/h5-11,15H,4,12H2,1-3H3,(H,21,24);1H. The van der Waals surface area contributed by atoms with E-state index in [2.05, 4.69) is 5.32 Å². The van der Waals surface area contributed by atoms with Crippen LogP contribution in [0, 0.1) is 0 Å². The molecule has 1 N–H and O–H groups in total. The molecular formula is C20H23ClN2O4. The Labute approximate surface area is 163 Å². The third kappa shape index (κ3) is 4.59. The lowest BCUT2D eigenvalue weighted by Gasteiger charge is -2.22. The van der Waals surface area contributed by atoms with Crippen molar-refractivity contribution in [2.24, 2.45) is 0 Å². The van der Waals surface area contributed by atoms with E-state index in [0.29, 0.717) is 17.5 Å². The van der Waals surface area contributed by atoms with E-state index in [9.17, 15) is 9.59 Å². The van der Waals surface area contributed by atoms with Crippen LogP contribution < -0.4 is 10.7 Å². The molecule has 27 heavy (non-hydrogen) atoms. The van der Waals surface area contributed by atoms with Crippen molar-refractivity contribution in [1.82, 2.24) is 10.2 Å². The second-order valence-electron chi connectivity index (χ2n) is 6.36. The van der Waals surface area contributed by atoms with Crippen molar-refractivity contribution in [3.63, 3.8) is 0 Å². The van der Waals surface area contributed by atoms with E-state index >= 15 is 0 Å². The molecule has 0 saturated heterocycles. The average molecular weight is 391 g/mol. The molecular weight excluding hydrogens is 368 g/mol. The van der Waals surface area contributed by atoms with Crippen LogP contribution in [0.2, 0.25) is 0 Å². The third-order valence-electron chi connectivity index (χ3n) is 4.37. The summed E-state index contributed by atoms with van der Waals surface area (Å²) in [6, 6.07) is 10.2. The first-order valence-corrected chi connectivity index (χ1v) is 8.54. The molecule has 7 heteroatoms. The summed E-state index contributed by atoms with van der Waals surface area (Å²) in [7, 11) is 3.81. The Morgan fingerprint density at radius 2 is 2.00 bits per heavy atom. The molecule has 3 rings (SSSR count). The topological polar surface area (TPSA) is 75.7 Å². The quantitative estimate of drug-likeness (QED) is 0.698. The van der Waals surface area contributed by atoms with Crippen molar-refractivity contribution in [1.29, 1.82) is 0 Å². The Bertz CT molecular complexity index is 964. The molecule has 1 aromatic carbocycles. The van der Waals surface area contributed by atoms with Gasteiger partial charge in [-0.2, -0.15) is 0 Å². The molecule has 2 heterocycles. The number of furan rings is 1. The van der Waals surface area contributed by atoms with E-state index in [1.54, 1.807) is 18.4 Å². The molecule has 1 unspecified atom stereocenters. The molecule has 0 aliphatic heterocycles. The Balaban J connectivity index is 0.00000261. The molecule has 2 aromatic heterocycles. The van der Waals surface area contributed by atoms with Crippen LogP contribution >= 0.6 is 12.4 Å². The van der Waals surface area contributed by atoms with Gasteiger partial charge in [0.2, 0.25) is 0 Å². The molecule has 3 aromatic rings. The first kappa shape index (κ1) is 20.7. The Kier molecular flexibility index (Phi) is 6.82. The maximum atomic E-state index is 12.5. The largest absolute Gasteiger partial charge is 0.468 e. The number of likely N-dealkylation sites (N-methyl/N-ethyl adjacent to an activating group) is 1. The van der Waals surface area contributed by atoms with Gasteiger partial charge in [-0.1, -0.05) is 13.0 Å². The molecule has 1 atom stereocenters. The fraction of sp³-hybridized carbons (Fsp3) is 0.300. The number of carbonyl (C=O) groups excluding carboxylic acids is 1. The molecule has 0 spiro atoms. The zero-order valence-electron chi connectivity index (χ0n) is 15.5. The van der Waals surface area contributed by atoms with E-state index in [1.807, 2.05) is 44.1 Å². The molecule has 144 valence electrons. The van der Waals surface area contributed by atoms with Gasteiger partial charge in [-0.15, -0.1) is 12.4 Å². The number of hydrogen-bond donors (Lipinski definition) is 1. The van der Waals surface area contributed by atoms with Gasteiger partial charge >= 0.3 is 0 Å². The number of amides is 1.